The second kappa shape index (κ2) is 18.5. The van der Waals surface area contributed by atoms with Crippen molar-refractivity contribution in [3.63, 3.8) is 0 Å². The lowest BCUT2D eigenvalue weighted by Gasteiger charge is -2.49. The maximum Gasteiger partial charge on any atom is 0.234 e. The number of fused-ring (bicyclic) bond motifs is 1. The van der Waals surface area contributed by atoms with Crippen molar-refractivity contribution in [3.05, 3.63) is 87.7 Å². The van der Waals surface area contributed by atoms with Crippen molar-refractivity contribution in [2.75, 3.05) is 86.7 Å². The van der Waals surface area contributed by atoms with Crippen LogP contribution in [-0.2, 0) is 20.6 Å². The number of hydrogen-bond donors (Lipinski definition) is 3. The van der Waals surface area contributed by atoms with Crippen molar-refractivity contribution < 1.29 is 27.7 Å². The second-order valence-electron chi connectivity index (χ2n) is 18.9. The highest BCUT2D eigenvalue weighted by atomic mass is 79.9. The van der Waals surface area contributed by atoms with Crippen LogP contribution in [0.2, 0.25) is 0 Å². The number of carbonyl (C=O) groups is 2. The van der Waals surface area contributed by atoms with Crippen LogP contribution >= 0.6 is 23.1 Å². The lowest BCUT2D eigenvalue weighted by atomic mass is 9.71. The largest absolute Gasteiger partial charge is 0.494 e. The number of nitrogens with zero attached hydrogens (tertiary/aromatic N) is 6. The Morgan fingerprint density at radius 2 is 1.64 bits per heavy atom. The molecule has 2 amide bonds. The van der Waals surface area contributed by atoms with Gasteiger partial charge in [0.15, 0.2) is 0 Å². The molecule has 1 spiro atoms. The minimum Gasteiger partial charge on any atom is -0.494 e. The van der Waals surface area contributed by atoms with Gasteiger partial charge in [0.05, 0.1) is 34.4 Å². The number of imide groups is 1. The average Bonchev–Trinajstić information content (AvgIpc) is 3.27. The summed E-state index contributed by atoms with van der Waals surface area (Å²) in [7, 11) is -1.07. The zero-order valence-electron chi connectivity index (χ0n) is 38.1. The number of aryl methyl sites for hydroxylation is 2. The average molecular weight is 985 g/mol. The standard InChI is InChI=1S/C49H57BrF2N9O4P/c1-6-31-7-8-33-38(54-31)10-11-39(45(33)66(4,5)64)55-46-35(50)25-53-48(58-46)56-40-21-29(2)41(24-42(40)65-3)60-19-15-49(16-20-60)13-17-59(18-14-49)26-30-27-61(28-30)32-22-36(51)44(37(52)23-32)34-9-12-43(62)57-47(34)63/h7-8,10-11,21-25,30,34H,6,9,12-20,26-28H2,1-5H3,(H,57,62,63)(H2,53,55,56,58)/t34-/m1/s1. The summed E-state index contributed by atoms with van der Waals surface area (Å²) in [4.78, 5) is 45.0. The quantitative estimate of drug-likeness (QED) is 0.0811. The Labute approximate surface area is 393 Å². The number of halogens is 3. The Hall–Kier alpha value is -5.18. The SMILES string of the molecule is CCc1ccc2c(P(C)(C)=O)c(Nc3nc(Nc4cc(C)c(N5CCC6(CCN(CC7CN(c8cc(F)c([C@H]9CCC(=O)NC9=O)c(F)c8)C7)CC6)CC5)cc4OC)ncc3Br)ccc2n1. The first-order valence-electron chi connectivity index (χ1n) is 22.9. The molecule has 0 unspecified atom stereocenters. The molecule has 4 aliphatic heterocycles. The highest BCUT2D eigenvalue weighted by Gasteiger charge is 2.40. The van der Waals surface area contributed by atoms with Gasteiger partial charge in [-0.25, -0.2) is 13.8 Å². The number of pyridine rings is 1. The van der Waals surface area contributed by atoms with E-state index in [4.69, 9.17) is 14.7 Å². The molecule has 0 saturated carbocycles. The highest BCUT2D eigenvalue weighted by Crippen LogP contribution is 2.45. The van der Waals surface area contributed by atoms with E-state index >= 15 is 8.78 Å². The number of ether oxygens (including phenoxy) is 1. The number of carbonyl (C=O) groups excluding carboxylic acids is 2. The van der Waals surface area contributed by atoms with Crippen LogP contribution in [0.5, 0.6) is 5.75 Å². The maximum atomic E-state index is 15.2. The molecule has 3 N–H and O–H groups in total. The summed E-state index contributed by atoms with van der Waals surface area (Å²) in [6.07, 6.45) is 7.22. The van der Waals surface area contributed by atoms with Crippen LogP contribution in [0.1, 0.15) is 68.2 Å². The summed E-state index contributed by atoms with van der Waals surface area (Å²) in [5, 5.41) is 10.6. The number of hydrogen-bond acceptors (Lipinski definition) is 12. The third-order valence-electron chi connectivity index (χ3n) is 14.1. The zero-order chi connectivity index (χ0) is 46.5. The highest BCUT2D eigenvalue weighted by molar-refractivity contribution is 9.10. The van der Waals surface area contributed by atoms with Crippen LogP contribution in [0.4, 0.5) is 43.3 Å². The van der Waals surface area contributed by atoms with Gasteiger partial charge in [-0.05, 0) is 135 Å². The van der Waals surface area contributed by atoms with Crippen molar-refractivity contribution in [2.24, 2.45) is 11.3 Å². The van der Waals surface area contributed by atoms with Gasteiger partial charge in [0.1, 0.15) is 30.3 Å². The molecule has 2 aromatic heterocycles. The second-order valence-corrected chi connectivity index (χ2v) is 22.9. The number of rotatable bonds is 12. The summed E-state index contributed by atoms with van der Waals surface area (Å²) < 4.78 is 50.6. The van der Waals surface area contributed by atoms with Gasteiger partial charge in [-0.3, -0.25) is 19.9 Å². The van der Waals surface area contributed by atoms with E-state index in [9.17, 15) is 14.2 Å². The molecule has 4 fully saturated rings. The fourth-order valence-corrected chi connectivity index (χ4v) is 12.2. The van der Waals surface area contributed by atoms with E-state index in [0.29, 0.717) is 44.7 Å². The monoisotopic (exact) mass is 983 g/mol. The van der Waals surface area contributed by atoms with Gasteiger partial charge in [-0.2, -0.15) is 4.98 Å². The van der Waals surface area contributed by atoms with Crippen molar-refractivity contribution >= 4 is 85.6 Å². The number of amides is 2. The van der Waals surface area contributed by atoms with Crippen LogP contribution in [0.15, 0.2) is 59.2 Å². The summed E-state index contributed by atoms with van der Waals surface area (Å²) in [5.74, 6) is -1.52. The number of nitrogens with one attached hydrogen (secondary N) is 3. The van der Waals surface area contributed by atoms with Gasteiger partial charge in [0.25, 0.3) is 0 Å². The van der Waals surface area contributed by atoms with E-state index < -0.39 is 36.5 Å². The number of aromatic nitrogens is 3. The van der Waals surface area contributed by atoms with Crippen molar-refractivity contribution in [2.45, 2.75) is 64.7 Å². The Morgan fingerprint density at radius 3 is 2.30 bits per heavy atom. The molecule has 348 valence electrons. The molecule has 0 aliphatic carbocycles. The molecule has 5 aromatic rings. The van der Waals surface area contributed by atoms with Gasteiger partial charge in [0.2, 0.25) is 17.8 Å². The Balaban J connectivity index is 0.789. The van der Waals surface area contributed by atoms with Crippen molar-refractivity contribution in [3.8, 4) is 5.75 Å². The van der Waals surface area contributed by atoms with E-state index in [-0.39, 0.29) is 18.4 Å². The van der Waals surface area contributed by atoms with Crippen LogP contribution < -0.4 is 35.8 Å². The fourth-order valence-electron chi connectivity index (χ4n) is 10.4. The van der Waals surface area contributed by atoms with Crippen molar-refractivity contribution in [1.82, 2.24) is 25.2 Å². The number of benzene rings is 3. The Bertz CT molecular complexity index is 2720. The smallest absolute Gasteiger partial charge is 0.234 e. The van der Waals surface area contributed by atoms with E-state index in [1.807, 2.05) is 29.2 Å². The van der Waals surface area contributed by atoms with Crippen LogP contribution in [0, 0.1) is 29.9 Å². The molecule has 0 bridgehead atoms. The summed E-state index contributed by atoms with van der Waals surface area (Å²) >= 11 is 3.62. The van der Waals surface area contributed by atoms with Gasteiger partial charge >= 0.3 is 0 Å². The number of methoxy groups -OCH3 is 1. The first-order chi connectivity index (χ1) is 31.6. The molecular formula is C49H57BrF2N9O4P. The minimum absolute atomic E-state index is 0.0658. The van der Waals surface area contributed by atoms with E-state index in [1.54, 1.807) is 26.6 Å². The maximum absolute atomic E-state index is 15.2. The molecule has 9 rings (SSSR count). The summed E-state index contributed by atoms with van der Waals surface area (Å²) in [5.41, 5.74) is 6.07. The normalized spacial score (nSPS) is 19.2. The predicted octanol–water partition coefficient (Wildman–Crippen LogP) is 9.02. The van der Waals surface area contributed by atoms with E-state index in [1.165, 1.54) is 12.1 Å². The topological polar surface area (TPSA) is 145 Å². The van der Waals surface area contributed by atoms with Crippen LogP contribution in [-0.4, -0.2) is 97.9 Å². The first kappa shape index (κ1) is 46.0. The third-order valence-corrected chi connectivity index (χ3v) is 16.3. The van der Waals surface area contributed by atoms with Crippen LogP contribution in [0.3, 0.4) is 0 Å². The van der Waals surface area contributed by atoms with E-state index in [0.717, 1.165) is 117 Å². The van der Waals surface area contributed by atoms with Crippen LogP contribution in [0.25, 0.3) is 10.9 Å². The van der Waals surface area contributed by atoms with E-state index in [2.05, 4.69) is 72.6 Å². The molecule has 3 aromatic carbocycles. The van der Waals surface area contributed by atoms with Gasteiger partial charge in [-0.1, -0.05) is 13.0 Å². The minimum atomic E-state index is -2.74. The lowest BCUT2D eigenvalue weighted by molar-refractivity contribution is -0.134. The third kappa shape index (κ3) is 9.38. The molecule has 1 atom stereocenters. The van der Waals surface area contributed by atoms with Gasteiger partial charge in [0, 0.05) is 90.6 Å². The Kier molecular flexibility index (Phi) is 12.9. The summed E-state index contributed by atoms with van der Waals surface area (Å²) in [6.45, 7) is 14.2. The lowest BCUT2D eigenvalue weighted by Crippen LogP contribution is -2.54. The number of anilines is 6. The molecule has 66 heavy (non-hydrogen) atoms. The molecule has 4 saturated heterocycles. The molecule has 0 radical (unpaired) electrons. The molecule has 13 nitrogen and oxygen atoms in total. The molecule has 6 heterocycles. The number of piperidine rings is 3. The van der Waals surface area contributed by atoms with Gasteiger partial charge < -0.3 is 34.6 Å². The molecule has 4 aliphatic rings. The van der Waals surface area contributed by atoms with Gasteiger partial charge in [-0.15, -0.1) is 0 Å². The molecule has 17 heteroatoms. The van der Waals surface area contributed by atoms with Crippen molar-refractivity contribution in [1.29, 1.82) is 0 Å². The molecular weight excluding hydrogens is 927 g/mol. The first-order valence-corrected chi connectivity index (χ1v) is 26.3. The summed E-state index contributed by atoms with van der Waals surface area (Å²) in [6, 6.07) is 14.7. The Morgan fingerprint density at radius 1 is 0.924 bits per heavy atom. The fraction of sp³-hybridized carbons (Fsp3) is 0.449. The predicted molar refractivity (Wildman–Crippen MR) is 261 cm³/mol. The zero-order valence-corrected chi connectivity index (χ0v) is 40.6. The number of likely N-dealkylation sites (tertiary alicyclic amines) is 1.